The van der Waals surface area contributed by atoms with E-state index in [-0.39, 0.29) is 5.82 Å². The van der Waals surface area contributed by atoms with Gasteiger partial charge in [0.25, 0.3) is 0 Å². The van der Waals surface area contributed by atoms with Crippen molar-refractivity contribution in [2.45, 2.75) is 32.2 Å². The molecule has 2 rings (SSSR count). The number of aromatic nitrogens is 3. The van der Waals surface area contributed by atoms with E-state index in [1.807, 2.05) is 6.92 Å². The van der Waals surface area contributed by atoms with Gasteiger partial charge in [-0.25, -0.2) is 9.37 Å². The Kier molecular flexibility index (Phi) is 3.43. The Hall–Kier alpha value is -1.75. The fraction of sp³-hybridized carbons (Fsp3) is 0.385. The summed E-state index contributed by atoms with van der Waals surface area (Å²) >= 11 is 0. The van der Waals surface area contributed by atoms with Crippen LogP contribution in [0.4, 0.5) is 4.39 Å². The fourth-order valence-corrected chi connectivity index (χ4v) is 1.96. The van der Waals surface area contributed by atoms with Gasteiger partial charge in [0.05, 0.1) is 23.6 Å². The number of pyridine rings is 1. The highest BCUT2D eigenvalue weighted by atomic mass is 19.1. The molecular formula is C13H17FN4. The van der Waals surface area contributed by atoms with Crippen LogP contribution in [0.2, 0.25) is 0 Å². The van der Waals surface area contributed by atoms with Crippen LogP contribution >= 0.6 is 0 Å². The molecule has 4 nitrogen and oxygen atoms in total. The predicted molar refractivity (Wildman–Crippen MR) is 68.2 cm³/mol. The SMILES string of the molecule is CCCC(C)(N)c1ncc(-c2cncc(F)c2)[nH]1. The lowest BCUT2D eigenvalue weighted by atomic mass is 9.97. The summed E-state index contributed by atoms with van der Waals surface area (Å²) in [5.74, 6) is 0.344. The Balaban J connectivity index is 2.31. The van der Waals surface area contributed by atoms with Crippen LogP contribution in [-0.4, -0.2) is 15.0 Å². The molecule has 0 fully saturated rings. The fourth-order valence-electron chi connectivity index (χ4n) is 1.96. The first kappa shape index (κ1) is 12.7. The van der Waals surface area contributed by atoms with E-state index in [0.29, 0.717) is 11.4 Å². The third kappa shape index (κ3) is 2.56. The molecule has 0 aliphatic rings. The molecule has 0 radical (unpaired) electrons. The number of halogens is 1. The van der Waals surface area contributed by atoms with E-state index in [9.17, 15) is 4.39 Å². The van der Waals surface area contributed by atoms with Crippen molar-refractivity contribution < 1.29 is 4.39 Å². The molecule has 0 amide bonds. The summed E-state index contributed by atoms with van der Waals surface area (Å²) in [6.45, 7) is 4.01. The summed E-state index contributed by atoms with van der Waals surface area (Å²) in [4.78, 5) is 11.2. The summed E-state index contributed by atoms with van der Waals surface area (Å²) in [6.07, 6.45) is 6.23. The van der Waals surface area contributed by atoms with E-state index >= 15 is 0 Å². The van der Waals surface area contributed by atoms with Gasteiger partial charge >= 0.3 is 0 Å². The van der Waals surface area contributed by atoms with Gasteiger partial charge in [-0.05, 0) is 19.4 Å². The smallest absolute Gasteiger partial charge is 0.142 e. The van der Waals surface area contributed by atoms with E-state index in [1.165, 1.54) is 12.3 Å². The summed E-state index contributed by atoms with van der Waals surface area (Å²) < 4.78 is 13.1. The zero-order valence-corrected chi connectivity index (χ0v) is 10.6. The maximum Gasteiger partial charge on any atom is 0.142 e. The zero-order chi connectivity index (χ0) is 13.2. The van der Waals surface area contributed by atoms with Crippen molar-refractivity contribution in [1.82, 2.24) is 15.0 Å². The second-order valence-corrected chi connectivity index (χ2v) is 4.70. The van der Waals surface area contributed by atoms with Crippen LogP contribution in [0, 0.1) is 5.82 Å². The van der Waals surface area contributed by atoms with Crippen molar-refractivity contribution in [2.24, 2.45) is 5.73 Å². The molecule has 1 atom stereocenters. The molecule has 96 valence electrons. The Morgan fingerprint density at radius 3 is 2.83 bits per heavy atom. The zero-order valence-electron chi connectivity index (χ0n) is 10.6. The van der Waals surface area contributed by atoms with Crippen LogP contribution in [0.1, 0.15) is 32.5 Å². The molecule has 0 saturated heterocycles. The number of H-pyrrole nitrogens is 1. The predicted octanol–water partition coefficient (Wildman–Crippen LogP) is 2.58. The summed E-state index contributed by atoms with van der Waals surface area (Å²) in [7, 11) is 0. The number of nitrogens with one attached hydrogen (secondary N) is 1. The number of rotatable bonds is 4. The molecule has 18 heavy (non-hydrogen) atoms. The number of hydrogen-bond donors (Lipinski definition) is 2. The van der Waals surface area contributed by atoms with E-state index in [4.69, 9.17) is 5.73 Å². The molecule has 0 bridgehead atoms. The van der Waals surface area contributed by atoms with Gasteiger partial charge in [0.2, 0.25) is 0 Å². The van der Waals surface area contributed by atoms with Crippen molar-refractivity contribution in [3.8, 4) is 11.3 Å². The van der Waals surface area contributed by atoms with Gasteiger partial charge in [0, 0.05) is 11.8 Å². The topological polar surface area (TPSA) is 67.6 Å². The van der Waals surface area contributed by atoms with E-state index in [1.54, 1.807) is 12.4 Å². The van der Waals surface area contributed by atoms with Crippen molar-refractivity contribution in [3.05, 3.63) is 36.3 Å². The molecule has 0 aliphatic heterocycles. The third-order valence-electron chi connectivity index (χ3n) is 2.90. The summed E-state index contributed by atoms with van der Waals surface area (Å²) in [5.41, 5.74) is 7.09. The maximum absolute atomic E-state index is 13.1. The Morgan fingerprint density at radius 2 is 2.17 bits per heavy atom. The van der Waals surface area contributed by atoms with Crippen molar-refractivity contribution >= 4 is 0 Å². The molecule has 0 aromatic carbocycles. The number of nitrogens with two attached hydrogens (primary N) is 1. The van der Waals surface area contributed by atoms with Crippen LogP contribution in [0.5, 0.6) is 0 Å². The van der Waals surface area contributed by atoms with E-state index in [2.05, 4.69) is 21.9 Å². The number of hydrogen-bond acceptors (Lipinski definition) is 3. The second kappa shape index (κ2) is 4.86. The molecule has 3 N–H and O–H groups in total. The van der Waals surface area contributed by atoms with Crippen LogP contribution in [-0.2, 0) is 5.54 Å². The Morgan fingerprint density at radius 1 is 1.39 bits per heavy atom. The molecular weight excluding hydrogens is 231 g/mol. The minimum Gasteiger partial charge on any atom is -0.340 e. The van der Waals surface area contributed by atoms with Gasteiger partial charge in [-0.2, -0.15) is 0 Å². The minimum absolute atomic E-state index is 0.368. The van der Waals surface area contributed by atoms with Gasteiger partial charge in [-0.3, -0.25) is 4.98 Å². The first-order valence-corrected chi connectivity index (χ1v) is 5.98. The van der Waals surface area contributed by atoms with Gasteiger partial charge < -0.3 is 10.7 Å². The molecule has 0 spiro atoms. The van der Waals surface area contributed by atoms with Crippen molar-refractivity contribution in [3.63, 3.8) is 0 Å². The van der Waals surface area contributed by atoms with Crippen LogP contribution < -0.4 is 5.73 Å². The van der Waals surface area contributed by atoms with Crippen LogP contribution in [0.15, 0.2) is 24.7 Å². The first-order valence-electron chi connectivity index (χ1n) is 5.98. The third-order valence-corrected chi connectivity index (χ3v) is 2.90. The Labute approximate surface area is 105 Å². The molecule has 2 aromatic heterocycles. The van der Waals surface area contributed by atoms with E-state index < -0.39 is 5.54 Å². The van der Waals surface area contributed by atoms with Crippen molar-refractivity contribution in [1.29, 1.82) is 0 Å². The molecule has 5 heteroatoms. The van der Waals surface area contributed by atoms with Gasteiger partial charge in [0.15, 0.2) is 0 Å². The van der Waals surface area contributed by atoms with E-state index in [0.717, 1.165) is 18.5 Å². The normalized spacial score (nSPS) is 14.4. The quantitative estimate of drug-likeness (QED) is 0.873. The standard InChI is InChI=1S/C13H17FN4/c1-3-4-13(2,15)12-17-8-11(18-12)9-5-10(14)7-16-6-9/h5-8H,3-4,15H2,1-2H3,(H,17,18). The number of nitrogens with zero attached hydrogens (tertiary/aromatic N) is 2. The van der Waals surface area contributed by atoms with Crippen LogP contribution in [0.3, 0.4) is 0 Å². The average molecular weight is 248 g/mol. The van der Waals surface area contributed by atoms with Crippen LogP contribution in [0.25, 0.3) is 11.3 Å². The Bertz CT molecular complexity index is 533. The summed E-state index contributed by atoms with van der Waals surface area (Å²) in [5, 5.41) is 0. The first-order chi connectivity index (χ1) is 8.53. The lowest BCUT2D eigenvalue weighted by Gasteiger charge is -2.21. The molecule has 1 unspecified atom stereocenters. The molecule has 0 saturated carbocycles. The number of imidazole rings is 1. The highest BCUT2D eigenvalue weighted by Crippen LogP contribution is 2.24. The average Bonchev–Trinajstić information content (AvgIpc) is 2.78. The number of aromatic amines is 1. The molecule has 2 aromatic rings. The highest BCUT2D eigenvalue weighted by molar-refractivity contribution is 5.57. The second-order valence-electron chi connectivity index (χ2n) is 4.70. The minimum atomic E-state index is -0.492. The van der Waals surface area contributed by atoms with Gasteiger partial charge in [-0.1, -0.05) is 13.3 Å². The molecule has 0 aliphatic carbocycles. The largest absolute Gasteiger partial charge is 0.340 e. The lowest BCUT2D eigenvalue weighted by Crippen LogP contribution is -2.34. The van der Waals surface area contributed by atoms with Crippen molar-refractivity contribution in [2.75, 3.05) is 0 Å². The lowest BCUT2D eigenvalue weighted by molar-refractivity contribution is 0.423. The maximum atomic E-state index is 13.1. The van der Waals surface area contributed by atoms with Gasteiger partial charge in [0.1, 0.15) is 11.6 Å². The highest BCUT2D eigenvalue weighted by Gasteiger charge is 2.23. The summed E-state index contributed by atoms with van der Waals surface area (Å²) in [6, 6.07) is 1.41. The monoisotopic (exact) mass is 248 g/mol. The van der Waals surface area contributed by atoms with Gasteiger partial charge in [-0.15, -0.1) is 0 Å². The molecule has 2 heterocycles.